The Balaban J connectivity index is 1.61. The number of piperidine rings is 1. The molecule has 1 aliphatic carbocycles. The van der Waals surface area contributed by atoms with Crippen LogP contribution in [0, 0.1) is 11.7 Å². The first-order valence-electron chi connectivity index (χ1n) is 7.33. The van der Waals surface area contributed by atoms with Gasteiger partial charge in [-0.05, 0) is 30.0 Å². The molecule has 0 bridgehead atoms. The summed E-state index contributed by atoms with van der Waals surface area (Å²) in [5, 5.41) is 0.278. The fourth-order valence-electron chi connectivity index (χ4n) is 3.67. The molecule has 2 aromatic rings. The second-order valence-corrected chi connectivity index (χ2v) is 6.48. The van der Waals surface area contributed by atoms with Crippen LogP contribution in [0.3, 0.4) is 0 Å². The third-order valence-electron chi connectivity index (χ3n) is 4.93. The van der Waals surface area contributed by atoms with Crippen LogP contribution in [0.2, 0.25) is 5.02 Å². The highest BCUT2D eigenvalue weighted by molar-refractivity contribution is 6.31. The quantitative estimate of drug-likeness (QED) is 0.863. The van der Waals surface area contributed by atoms with Gasteiger partial charge in [-0.3, -0.25) is 0 Å². The van der Waals surface area contributed by atoms with Gasteiger partial charge in [-0.15, -0.1) is 0 Å². The summed E-state index contributed by atoms with van der Waals surface area (Å²) in [6.07, 6.45) is 2.90. The zero-order valence-corrected chi connectivity index (χ0v) is 13.0. The van der Waals surface area contributed by atoms with Crippen LogP contribution in [0.15, 0.2) is 36.5 Å². The van der Waals surface area contributed by atoms with Gasteiger partial charge in [0.15, 0.2) is 0 Å². The Labute approximate surface area is 133 Å². The monoisotopic (exact) mass is 318 g/mol. The van der Waals surface area contributed by atoms with Gasteiger partial charge in [0.1, 0.15) is 5.82 Å². The van der Waals surface area contributed by atoms with Crippen molar-refractivity contribution in [3.05, 3.63) is 52.9 Å². The number of hydrogen-bond donors (Lipinski definition) is 0. The molecule has 0 amide bonds. The lowest BCUT2D eigenvalue weighted by atomic mass is 9.95. The van der Waals surface area contributed by atoms with Gasteiger partial charge in [-0.1, -0.05) is 23.7 Å². The summed E-state index contributed by atoms with van der Waals surface area (Å²) < 4.78 is 18.8. The van der Waals surface area contributed by atoms with Crippen LogP contribution in [0.1, 0.15) is 12.0 Å². The maximum absolute atomic E-state index is 13.8. The fourth-order valence-corrected chi connectivity index (χ4v) is 3.98. The average molecular weight is 319 g/mol. The molecule has 1 saturated heterocycles. The number of pyridine rings is 1. The molecule has 4 rings (SSSR count). The summed E-state index contributed by atoms with van der Waals surface area (Å²) in [5.74, 6) is 0.814. The van der Waals surface area contributed by atoms with Crippen LogP contribution in [0.5, 0.6) is 5.88 Å². The van der Waals surface area contributed by atoms with Gasteiger partial charge in [-0.25, -0.2) is 9.37 Å². The summed E-state index contributed by atoms with van der Waals surface area (Å²) >= 11 is 6.20. The number of benzene rings is 1. The molecule has 1 aromatic heterocycles. The SMILES string of the molecule is COc1ccc(N2C[C@@H]3C[C@]3(c3cccc(F)c3Cl)C2)cn1. The normalized spacial score (nSPS) is 26.0. The van der Waals surface area contributed by atoms with E-state index in [1.165, 1.54) is 6.07 Å². The Morgan fingerprint density at radius 3 is 2.95 bits per heavy atom. The van der Waals surface area contributed by atoms with Crippen molar-refractivity contribution in [2.45, 2.75) is 11.8 Å². The van der Waals surface area contributed by atoms with E-state index in [0.29, 0.717) is 11.8 Å². The van der Waals surface area contributed by atoms with Gasteiger partial charge in [-0.2, -0.15) is 0 Å². The van der Waals surface area contributed by atoms with Crippen molar-refractivity contribution in [2.75, 3.05) is 25.1 Å². The Morgan fingerprint density at radius 1 is 1.36 bits per heavy atom. The summed E-state index contributed by atoms with van der Waals surface area (Å²) in [4.78, 5) is 6.55. The minimum Gasteiger partial charge on any atom is -0.481 e. The zero-order valence-electron chi connectivity index (χ0n) is 12.2. The molecule has 1 saturated carbocycles. The molecule has 0 spiro atoms. The van der Waals surface area contributed by atoms with Gasteiger partial charge in [0.05, 0.1) is 24.0 Å². The summed E-state index contributed by atoms with van der Waals surface area (Å²) in [7, 11) is 1.61. The standard InChI is InChI=1S/C17H16ClFN2O/c1-22-15-6-5-12(8-20-15)21-9-11-7-17(11,10-21)13-3-2-4-14(19)16(13)18/h2-6,8,11H,7,9-10H2,1H3/t11-,17-/m0/s1. The number of fused-ring (bicyclic) bond motifs is 1. The van der Waals surface area contributed by atoms with E-state index in [4.69, 9.17) is 16.3 Å². The first-order valence-corrected chi connectivity index (χ1v) is 7.71. The van der Waals surface area contributed by atoms with E-state index in [1.54, 1.807) is 13.2 Å². The maximum Gasteiger partial charge on any atom is 0.213 e. The lowest BCUT2D eigenvalue weighted by Gasteiger charge is -2.23. The van der Waals surface area contributed by atoms with Crippen molar-refractivity contribution in [1.82, 2.24) is 4.98 Å². The van der Waals surface area contributed by atoms with Crippen LogP contribution in [-0.2, 0) is 5.41 Å². The van der Waals surface area contributed by atoms with Crippen LogP contribution in [-0.4, -0.2) is 25.2 Å². The number of hydrogen-bond acceptors (Lipinski definition) is 3. The molecule has 2 atom stereocenters. The minimum absolute atomic E-state index is 0.000882. The Kier molecular flexibility index (Phi) is 3.05. The van der Waals surface area contributed by atoms with Gasteiger partial charge in [0.2, 0.25) is 5.88 Å². The zero-order chi connectivity index (χ0) is 15.3. The first kappa shape index (κ1) is 13.8. The lowest BCUT2D eigenvalue weighted by Crippen LogP contribution is -2.26. The molecule has 1 aliphatic heterocycles. The van der Waals surface area contributed by atoms with Crippen LogP contribution in [0.25, 0.3) is 0 Å². The highest BCUT2D eigenvalue weighted by Gasteiger charge is 2.61. The van der Waals surface area contributed by atoms with Crippen molar-refractivity contribution in [3.63, 3.8) is 0 Å². The highest BCUT2D eigenvalue weighted by Crippen LogP contribution is 2.61. The third kappa shape index (κ3) is 1.97. The van der Waals surface area contributed by atoms with Crippen molar-refractivity contribution in [2.24, 2.45) is 5.92 Å². The van der Waals surface area contributed by atoms with Gasteiger partial charge >= 0.3 is 0 Å². The lowest BCUT2D eigenvalue weighted by molar-refractivity contribution is 0.398. The number of anilines is 1. The fraction of sp³-hybridized carbons (Fsp3) is 0.353. The summed E-state index contributed by atoms with van der Waals surface area (Å²) in [6.45, 7) is 1.82. The molecule has 114 valence electrons. The average Bonchev–Trinajstić information content (AvgIpc) is 3.11. The minimum atomic E-state index is -0.330. The van der Waals surface area contributed by atoms with E-state index in [9.17, 15) is 4.39 Å². The number of halogens is 2. The molecule has 5 heteroatoms. The predicted octanol–water partition coefficient (Wildman–Crippen LogP) is 3.66. The molecule has 0 radical (unpaired) electrons. The topological polar surface area (TPSA) is 25.4 Å². The van der Waals surface area contributed by atoms with Crippen molar-refractivity contribution >= 4 is 17.3 Å². The van der Waals surface area contributed by atoms with E-state index in [0.717, 1.165) is 30.8 Å². The van der Waals surface area contributed by atoms with Gasteiger partial charge < -0.3 is 9.64 Å². The summed E-state index contributed by atoms with van der Waals surface area (Å²) in [6, 6.07) is 9.00. The molecule has 2 aliphatic rings. The molecule has 0 N–H and O–H groups in total. The second-order valence-electron chi connectivity index (χ2n) is 6.10. The van der Waals surface area contributed by atoms with Crippen molar-refractivity contribution in [3.8, 4) is 5.88 Å². The van der Waals surface area contributed by atoms with Crippen LogP contribution in [0.4, 0.5) is 10.1 Å². The van der Waals surface area contributed by atoms with E-state index in [-0.39, 0.29) is 16.3 Å². The summed E-state index contributed by atoms with van der Waals surface area (Å²) in [5.41, 5.74) is 2.02. The molecule has 2 heterocycles. The highest BCUT2D eigenvalue weighted by atomic mass is 35.5. The van der Waals surface area contributed by atoms with E-state index >= 15 is 0 Å². The van der Waals surface area contributed by atoms with Crippen molar-refractivity contribution < 1.29 is 9.13 Å². The Morgan fingerprint density at radius 2 is 2.23 bits per heavy atom. The van der Waals surface area contributed by atoms with Crippen molar-refractivity contribution in [1.29, 1.82) is 0 Å². The Bertz CT molecular complexity index is 721. The largest absolute Gasteiger partial charge is 0.481 e. The molecule has 1 aromatic carbocycles. The molecule has 22 heavy (non-hydrogen) atoms. The van der Waals surface area contributed by atoms with Gasteiger partial charge in [0, 0.05) is 24.6 Å². The second kappa shape index (κ2) is 4.85. The molecular weight excluding hydrogens is 303 g/mol. The molecule has 0 unspecified atom stereocenters. The van der Waals surface area contributed by atoms with Crippen LogP contribution < -0.4 is 9.64 Å². The maximum atomic E-state index is 13.8. The Hall–Kier alpha value is -1.81. The number of methoxy groups -OCH3 is 1. The number of aromatic nitrogens is 1. The molecular formula is C17H16ClFN2O. The molecule has 2 fully saturated rings. The first-order chi connectivity index (χ1) is 10.6. The van der Waals surface area contributed by atoms with E-state index < -0.39 is 0 Å². The van der Waals surface area contributed by atoms with Gasteiger partial charge in [0.25, 0.3) is 0 Å². The number of rotatable bonds is 3. The smallest absolute Gasteiger partial charge is 0.213 e. The predicted molar refractivity (Wildman–Crippen MR) is 84.2 cm³/mol. The van der Waals surface area contributed by atoms with Crippen LogP contribution >= 0.6 is 11.6 Å². The third-order valence-corrected chi connectivity index (χ3v) is 5.31. The van der Waals surface area contributed by atoms with E-state index in [1.807, 2.05) is 24.4 Å². The number of nitrogens with zero attached hydrogens (tertiary/aromatic N) is 2. The molecule has 3 nitrogen and oxygen atoms in total. The number of ether oxygens (including phenoxy) is 1. The van der Waals surface area contributed by atoms with E-state index in [2.05, 4.69) is 9.88 Å².